The Morgan fingerprint density at radius 3 is 2.85 bits per heavy atom. The van der Waals surface area contributed by atoms with Crippen LogP contribution in [-0.4, -0.2) is 26.9 Å². The molecule has 0 aromatic heterocycles. The zero-order valence-corrected chi connectivity index (χ0v) is 15.5. The third kappa shape index (κ3) is 6.21. The van der Waals surface area contributed by atoms with E-state index in [1.807, 2.05) is 19.1 Å². The van der Waals surface area contributed by atoms with Crippen LogP contribution < -0.4 is 15.5 Å². The predicted octanol–water partition coefficient (Wildman–Crippen LogP) is 3.51. The number of nitrogens with one attached hydrogen (secondary N) is 1. The van der Waals surface area contributed by atoms with Crippen molar-refractivity contribution in [2.45, 2.75) is 39.5 Å². The molecular formula is C21H25BFNO2. The van der Waals surface area contributed by atoms with E-state index >= 15 is 0 Å². The zero-order valence-electron chi connectivity index (χ0n) is 15.5. The van der Waals surface area contributed by atoms with Crippen molar-refractivity contribution in [3.63, 3.8) is 0 Å². The molecule has 0 atom stereocenters. The van der Waals surface area contributed by atoms with Gasteiger partial charge in [0.1, 0.15) is 26.0 Å². The van der Waals surface area contributed by atoms with Gasteiger partial charge in [-0.05, 0) is 50.0 Å². The summed E-state index contributed by atoms with van der Waals surface area (Å²) in [6.07, 6.45) is 9.46. The minimum atomic E-state index is -0.424. The highest BCUT2D eigenvalue weighted by molar-refractivity contribution is 6.32. The van der Waals surface area contributed by atoms with Gasteiger partial charge in [-0.1, -0.05) is 36.5 Å². The summed E-state index contributed by atoms with van der Waals surface area (Å²) in [5.74, 6) is -0.0674. The van der Waals surface area contributed by atoms with E-state index in [1.54, 1.807) is 6.07 Å². The second kappa shape index (κ2) is 10.0. The molecule has 1 aromatic rings. The van der Waals surface area contributed by atoms with E-state index in [4.69, 9.17) is 12.6 Å². The fourth-order valence-electron chi connectivity index (χ4n) is 2.69. The molecule has 0 saturated heterocycles. The number of unbranched alkanes of at least 4 members (excludes halogenated alkanes) is 1. The average molecular weight is 353 g/mol. The molecular weight excluding hydrogens is 328 g/mol. The first-order valence-corrected chi connectivity index (χ1v) is 9.03. The smallest absolute Gasteiger partial charge is 0.251 e. The Kier molecular flexibility index (Phi) is 7.70. The number of hydrogen-bond acceptors (Lipinski definition) is 2. The van der Waals surface area contributed by atoms with E-state index in [1.165, 1.54) is 12.1 Å². The van der Waals surface area contributed by atoms with E-state index in [-0.39, 0.29) is 5.91 Å². The molecule has 0 fully saturated rings. The number of carbonyl (C=O) groups excluding carboxylic acids is 1. The normalized spacial score (nSPS) is 14.5. The van der Waals surface area contributed by atoms with Crippen LogP contribution >= 0.6 is 0 Å². The fourth-order valence-corrected chi connectivity index (χ4v) is 2.69. The van der Waals surface area contributed by atoms with E-state index < -0.39 is 5.82 Å². The summed E-state index contributed by atoms with van der Waals surface area (Å²) in [5.41, 5.74) is 3.05. The molecule has 0 bridgehead atoms. The van der Waals surface area contributed by atoms with Crippen molar-refractivity contribution in [1.29, 1.82) is 0 Å². The molecule has 1 aliphatic carbocycles. The van der Waals surface area contributed by atoms with Crippen molar-refractivity contribution in [3.05, 3.63) is 59.0 Å². The van der Waals surface area contributed by atoms with Gasteiger partial charge in [0.2, 0.25) is 0 Å². The Morgan fingerprint density at radius 2 is 2.12 bits per heavy atom. The minimum Gasteiger partial charge on any atom is -0.489 e. The summed E-state index contributed by atoms with van der Waals surface area (Å²) in [5, 5.41) is 2.96. The number of ether oxygens (including phenoxy) is 1. The number of carbonyl (C=O) groups is 1. The number of benzene rings is 1. The molecule has 0 saturated carbocycles. The lowest BCUT2D eigenvalue weighted by molar-refractivity contribution is -0.117. The third-order valence-electron chi connectivity index (χ3n) is 4.21. The number of amides is 1. The minimum absolute atomic E-state index is 0.0349. The second-order valence-corrected chi connectivity index (χ2v) is 6.46. The van der Waals surface area contributed by atoms with Crippen molar-refractivity contribution < 1.29 is 13.9 Å². The maximum Gasteiger partial charge on any atom is 0.251 e. The fraction of sp³-hybridized carbons (Fsp3) is 0.381. The van der Waals surface area contributed by atoms with Gasteiger partial charge in [-0.25, -0.2) is 4.39 Å². The molecule has 136 valence electrons. The van der Waals surface area contributed by atoms with E-state index in [0.29, 0.717) is 29.9 Å². The second-order valence-electron chi connectivity index (χ2n) is 6.46. The summed E-state index contributed by atoms with van der Waals surface area (Å²) in [4.78, 5) is 12.4. The largest absolute Gasteiger partial charge is 0.489 e. The lowest BCUT2D eigenvalue weighted by Crippen LogP contribution is -2.26. The van der Waals surface area contributed by atoms with Crippen LogP contribution in [0, 0.1) is 5.82 Å². The van der Waals surface area contributed by atoms with Gasteiger partial charge in [0.15, 0.2) is 0 Å². The molecule has 1 N–H and O–H groups in total. The Bertz CT molecular complexity index is 717. The number of rotatable bonds is 7. The highest BCUT2D eigenvalue weighted by Gasteiger charge is 2.11. The lowest BCUT2D eigenvalue weighted by atomic mass is 9.96. The molecule has 3 nitrogen and oxygen atoms in total. The number of halogens is 1. The Morgan fingerprint density at radius 1 is 1.31 bits per heavy atom. The predicted molar refractivity (Wildman–Crippen MR) is 104 cm³/mol. The van der Waals surface area contributed by atoms with E-state index in [9.17, 15) is 9.18 Å². The first-order valence-electron chi connectivity index (χ1n) is 9.03. The van der Waals surface area contributed by atoms with Crippen LogP contribution in [0.3, 0.4) is 0 Å². The Balaban J connectivity index is 2.02. The van der Waals surface area contributed by atoms with Gasteiger partial charge >= 0.3 is 0 Å². The van der Waals surface area contributed by atoms with Crippen LogP contribution in [0.2, 0.25) is 0 Å². The van der Waals surface area contributed by atoms with Crippen LogP contribution in [0.4, 0.5) is 4.39 Å². The van der Waals surface area contributed by atoms with Crippen molar-refractivity contribution in [2.75, 3.05) is 13.2 Å². The standard InChI is InChI=1S/C21H25BFNO2/c1-3-4-10-24-21(25)20-9-8-16(7-5-6-15(20)2)14-26-19-12-17(22)11-18(23)13-19/h7-9,11-13H,3-6,10,14H2,1-2H3,(H,24,25). The molecule has 1 aromatic carbocycles. The highest BCUT2D eigenvalue weighted by atomic mass is 19.1. The quantitative estimate of drug-likeness (QED) is 0.602. The van der Waals surface area contributed by atoms with Gasteiger partial charge in [-0.2, -0.15) is 0 Å². The molecule has 0 unspecified atom stereocenters. The topological polar surface area (TPSA) is 38.3 Å². The summed E-state index contributed by atoms with van der Waals surface area (Å²) < 4.78 is 19.0. The number of hydrogen-bond donors (Lipinski definition) is 1. The summed E-state index contributed by atoms with van der Waals surface area (Å²) >= 11 is 0. The van der Waals surface area contributed by atoms with Gasteiger partial charge in [0, 0.05) is 18.2 Å². The molecule has 1 amide bonds. The molecule has 5 heteroatoms. The monoisotopic (exact) mass is 353 g/mol. The molecule has 0 aliphatic heterocycles. The van der Waals surface area contributed by atoms with Crippen LogP contribution in [0.15, 0.2) is 53.1 Å². The highest BCUT2D eigenvalue weighted by Crippen LogP contribution is 2.19. The molecule has 0 heterocycles. The van der Waals surface area contributed by atoms with Crippen LogP contribution in [0.5, 0.6) is 5.75 Å². The Hall–Kier alpha value is -2.30. The molecule has 1 aliphatic rings. The van der Waals surface area contributed by atoms with Crippen LogP contribution in [0.25, 0.3) is 0 Å². The molecule has 2 radical (unpaired) electrons. The lowest BCUT2D eigenvalue weighted by Gasteiger charge is -2.13. The van der Waals surface area contributed by atoms with Gasteiger partial charge in [0.25, 0.3) is 5.91 Å². The van der Waals surface area contributed by atoms with Crippen LogP contribution in [0.1, 0.15) is 39.5 Å². The molecule has 26 heavy (non-hydrogen) atoms. The summed E-state index contributed by atoms with van der Waals surface area (Å²) in [6.45, 7) is 5.07. The first kappa shape index (κ1) is 20.0. The van der Waals surface area contributed by atoms with Gasteiger partial charge in [-0.3, -0.25) is 4.79 Å². The summed E-state index contributed by atoms with van der Waals surface area (Å²) in [6, 6.07) is 4.14. The van der Waals surface area contributed by atoms with Crippen molar-refractivity contribution in [2.24, 2.45) is 0 Å². The van der Waals surface area contributed by atoms with Gasteiger partial charge < -0.3 is 10.1 Å². The molecule has 2 rings (SSSR count). The van der Waals surface area contributed by atoms with Crippen LogP contribution in [-0.2, 0) is 4.79 Å². The van der Waals surface area contributed by atoms with E-state index in [2.05, 4.69) is 18.3 Å². The third-order valence-corrected chi connectivity index (χ3v) is 4.21. The maximum absolute atomic E-state index is 13.4. The average Bonchev–Trinajstić information content (AvgIpc) is 2.56. The molecule has 0 spiro atoms. The van der Waals surface area contributed by atoms with Crippen molar-refractivity contribution in [3.8, 4) is 5.75 Å². The first-order chi connectivity index (χ1) is 12.5. The van der Waals surface area contributed by atoms with Crippen molar-refractivity contribution >= 4 is 19.2 Å². The van der Waals surface area contributed by atoms with Gasteiger partial charge in [0.05, 0.1) is 0 Å². The number of allylic oxidation sites excluding steroid dienone is 2. The summed E-state index contributed by atoms with van der Waals surface area (Å²) in [7, 11) is 5.63. The van der Waals surface area contributed by atoms with Gasteiger partial charge in [-0.15, -0.1) is 0 Å². The Labute approximate surface area is 156 Å². The zero-order chi connectivity index (χ0) is 18.9. The SMILES string of the molecule is [B]c1cc(F)cc(OCC2=CCCC(C)=C(C(=O)NCCCC)C=C2)c1. The van der Waals surface area contributed by atoms with E-state index in [0.717, 1.165) is 36.8 Å². The maximum atomic E-state index is 13.4. The van der Waals surface area contributed by atoms with Crippen molar-refractivity contribution in [1.82, 2.24) is 5.32 Å².